The van der Waals surface area contributed by atoms with Gasteiger partial charge in [-0.15, -0.1) is 16.4 Å². The standard InChI is InChI=1S/C22H18N6S/c1-15(25-21-19-11-12-29-22(19)24-14-23-21)16-7-9-18(10-8-16)28-13-20(26-27-28)17-5-3-2-4-6-17/h2-15H,1H3,(H,23,24,25). The molecule has 5 aromatic rings. The summed E-state index contributed by atoms with van der Waals surface area (Å²) in [5.74, 6) is 0.858. The summed E-state index contributed by atoms with van der Waals surface area (Å²) in [5, 5.41) is 15.1. The molecular weight excluding hydrogens is 380 g/mol. The van der Waals surface area contributed by atoms with E-state index in [4.69, 9.17) is 0 Å². The summed E-state index contributed by atoms with van der Waals surface area (Å²) >= 11 is 1.62. The van der Waals surface area contributed by atoms with Crippen molar-refractivity contribution in [1.82, 2.24) is 25.0 Å². The second-order valence-electron chi connectivity index (χ2n) is 6.73. The van der Waals surface area contributed by atoms with Crippen molar-refractivity contribution in [2.24, 2.45) is 0 Å². The van der Waals surface area contributed by atoms with Crippen LogP contribution in [-0.4, -0.2) is 25.0 Å². The number of aromatic nitrogens is 5. The van der Waals surface area contributed by atoms with Gasteiger partial charge in [-0.2, -0.15) is 0 Å². The van der Waals surface area contributed by atoms with E-state index < -0.39 is 0 Å². The van der Waals surface area contributed by atoms with Gasteiger partial charge in [0.15, 0.2) is 0 Å². The van der Waals surface area contributed by atoms with Crippen molar-refractivity contribution in [1.29, 1.82) is 0 Å². The Morgan fingerprint density at radius 2 is 1.79 bits per heavy atom. The number of fused-ring (bicyclic) bond motifs is 1. The molecule has 0 aliphatic heterocycles. The van der Waals surface area contributed by atoms with Gasteiger partial charge in [0, 0.05) is 11.6 Å². The van der Waals surface area contributed by atoms with Crippen LogP contribution >= 0.6 is 11.3 Å². The highest BCUT2D eigenvalue weighted by Gasteiger charge is 2.11. The maximum absolute atomic E-state index is 4.40. The zero-order valence-electron chi connectivity index (χ0n) is 15.7. The molecule has 1 N–H and O–H groups in total. The lowest BCUT2D eigenvalue weighted by molar-refractivity contribution is 0.801. The number of nitrogens with zero attached hydrogens (tertiary/aromatic N) is 5. The summed E-state index contributed by atoms with van der Waals surface area (Å²) in [6.45, 7) is 2.12. The molecule has 0 bridgehead atoms. The second-order valence-corrected chi connectivity index (χ2v) is 7.63. The number of hydrogen-bond acceptors (Lipinski definition) is 6. The maximum atomic E-state index is 4.40. The molecule has 0 saturated carbocycles. The van der Waals surface area contributed by atoms with Gasteiger partial charge in [0.2, 0.25) is 0 Å². The first-order valence-corrected chi connectivity index (χ1v) is 10.2. The summed E-state index contributed by atoms with van der Waals surface area (Å²) in [4.78, 5) is 9.70. The van der Waals surface area contributed by atoms with E-state index in [0.29, 0.717) is 0 Å². The SMILES string of the molecule is CC(Nc1ncnc2sccc12)c1ccc(-n2cc(-c3ccccc3)nn2)cc1. The average Bonchev–Trinajstić information content (AvgIpc) is 3.45. The molecule has 1 unspecified atom stereocenters. The fourth-order valence-corrected chi connectivity index (χ4v) is 3.97. The summed E-state index contributed by atoms with van der Waals surface area (Å²) in [7, 11) is 0. The second kappa shape index (κ2) is 7.44. The van der Waals surface area contributed by atoms with Crippen LogP contribution in [0.3, 0.4) is 0 Å². The van der Waals surface area contributed by atoms with Gasteiger partial charge < -0.3 is 5.32 Å². The maximum Gasteiger partial charge on any atom is 0.138 e. The lowest BCUT2D eigenvalue weighted by Crippen LogP contribution is -2.08. The van der Waals surface area contributed by atoms with Crippen LogP contribution in [0.5, 0.6) is 0 Å². The number of rotatable bonds is 5. The number of anilines is 1. The first kappa shape index (κ1) is 17.5. The molecule has 0 aliphatic carbocycles. The molecule has 0 spiro atoms. The minimum absolute atomic E-state index is 0.109. The Hall–Kier alpha value is -3.58. The summed E-state index contributed by atoms with van der Waals surface area (Å²) < 4.78 is 1.80. The fraction of sp³-hybridized carbons (Fsp3) is 0.0909. The number of hydrogen-bond donors (Lipinski definition) is 1. The first-order chi connectivity index (χ1) is 14.3. The Morgan fingerprint density at radius 1 is 0.966 bits per heavy atom. The Morgan fingerprint density at radius 3 is 2.62 bits per heavy atom. The van der Waals surface area contributed by atoms with Crippen LogP contribution in [-0.2, 0) is 0 Å². The summed E-state index contributed by atoms with van der Waals surface area (Å²) in [5.41, 5.74) is 4.04. The Kier molecular flexibility index (Phi) is 4.50. The molecule has 3 heterocycles. The molecule has 5 rings (SSSR count). The molecule has 6 nitrogen and oxygen atoms in total. The average molecular weight is 398 g/mol. The molecular formula is C22H18N6S. The van der Waals surface area contributed by atoms with Crippen LogP contribution in [0.2, 0.25) is 0 Å². The highest BCUT2D eigenvalue weighted by Crippen LogP contribution is 2.27. The molecule has 3 aromatic heterocycles. The van der Waals surface area contributed by atoms with E-state index in [9.17, 15) is 0 Å². The van der Waals surface area contributed by atoms with Crippen LogP contribution in [0.15, 0.2) is 78.6 Å². The quantitative estimate of drug-likeness (QED) is 0.445. The summed E-state index contributed by atoms with van der Waals surface area (Å²) in [6, 6.07) is 20.5. The van der Waals surface area contributed by atoms with Crippen molar-refractivity contribution in [3.8, 4) is 16.9 Å². The molecule has 1 atom stereocenters. The van der Waals surface area contributed by atoms with Crippen LogP contribution in [0.4, 0.5) is 5.82 Å². The van der Waals surface area contributed by atoms with E-state index in [0.717, 1.165) is 33.0 Å². The van der Waals surface area contributed by atoms with Crippen molar-refractivity contribution in [3.05, 3.63) is 84.1 Å². The molecule has 7 heteroatoms. The van der Waals surface area contributed by atoms with Crippen molar-refractivity contribution in [3.63, 3.8) is 0 Å². The van der Waals surface area contributed by atoms with E-state index in [-0.39, 0.29) is 6.04 Å². The van der Waals surface area contributed by atoms with E-state index >= 15 is 0 Å². The Balaban J connectivity index is 1.35. The van der Waals surface area contributed by atoms with E-state index in [1.54, 1.807) is 22.3 Å². The van der Waals surface area contributed by atoms with Gasteiger partial charge in [0.05, 0.1) is 17.3 Å². The van der Waals surface area contributed by atoms with Crippen LogP contribution in [0, 0.1) is 0 Å². The smallest absolute Gasteiger partial charge is 0.138 e. The zero-order valence-corrected chi connectivity index (χ0v) is 16.5. The first-order valence-electron chi connectivity index (χ1n) is 9.31. The molecule has 2 aromatic carbocycles. The van der Waals surface area contributed by atoms with Gasteiger partial charge in [-0.05, 0) is 36.1 Å². The lowest BCUT2D eigenvalue weighted by atomic mass is 10.1. The highest BCUT2D eigenvalue weighted by molar-refractivity contribution is 7.16. The van der Waals surface area contributed by atoms with E-state index in [2.05, 4.69) is 56.8 Å². The Labute approximate surface area is 171 Å². The normalized spacial score (nSPS) is 12.2. The largest absolute Gasteiger partial charge is 0.363 e. The van der Waals surface area contributed by atoms with Gasteiger partial charge in [-0.1, -0.05) is 47.7 Å². The summed E-state index contributed by atoms with van der Waals surface area (Å²) in [6.07, 6.45) is 3.55. The Bertz CT molecular complexity index is 1240. The van der Waals surface area contributed by atoms with Gasteiger partial charge in [-0.3, -0.25) is 0 Å². The fourth-order valence-electron chi connectivity index (χ4n) is 3.24. The third-order valence-corrected chi connectivity index (χ3v) is 5.66. The molecule has 0 fully saturated rings. The topological polar surface area (TPSA) is 68.5 Å². The van der Waals surface area contributed by atoms with Crippen LogP contribution in [0.1, 0.15) is 18.5 Å². The lowest BCUT2D eigenvalue weighted by Gasteiger charge is -2.16. The van der Waals surface area contributed by atoms with Gasteiger partial charge in [0.25, 0.3) is 0 Å². The molecule has 142 valence electrons. The van der Waals surface area contributed by atoms with Crippen LogP contribution < -0.4 is 5.32 Å². The third kappa shape index (κ3) is 3.48. The molecule has 29 heavy (non-hydrogen) atoms. The van der Waals surface area contributed by atoms with Crippen molar-refractivity contribution in [2.75, 3.05) is 5.32 Å². The predicted octanol–water partition coefficient (Wildman–Crippen LogP) is 5.11. The monoisotopic (exact) mass is 398 g/mol. The van der Waals surface area contributed by atoms with E-state index in [1.807, 2.05) is 48.0 Å². The van der Waals surface area contributed by atoms with Crippen molar-refractivity contribution >= 4 is 27.4 Å². The zero-order chi connectivity index (χ0) is 19.6. The third-order valence-electron chi connectivity index (χ3n) is 4.84. The van der Waals surface area contributed by atoms with Crippen molar-refractivity contribution in [2.45, 2.75) is 13.0 Å². The van der Waals surface area contributed by atoms with Crippen LogP contribution in [0.25, 0.3) is 27.2 Å². The predicted molar refractivity (Wildman–Crippen MR) is 116 cm³/mol. The minimum Gasteiger partial charge on any atom is -0.363 e. The molecule has 0 saturated heterocycles. The minimum atomic E-state index is 0.109. The number of benzene rings is 2. The number of nitrogens with one attached hydrogen (secondary N) is 1. The molecule has 0 amide bonds. The molecule has 0 radical (unpaired) electrons. The van der Waals surface area contributed by atoms with Gasteiger partial charge in [0.1, 0.15) is 22.7 Å². The highest BCUT2D eigenvalue weighted by atomic mass is 32.1. The van der Waals surface area contributed by atoms with E-state index in [1.165, 1.54) is 5.56 Å². The number of thiophene rings is 1. The van der Waals surface area contributed by atoms with Gasteiger partial charge in [-0.25, -0.2) is 14.6 Å². The molecule has 0 aliphatic rings. The van der Waals surface area contributed by atoms with Gasteiger partial charge >= 0.3 is 0 Å². The van der Waals surface area contributed by atoms with Crippen molar-refractivity contribution < 1.29 is 0 Å².